The lowest BCUT2D eigenvalue weighted by Gasteiger charge is -2.12. The van der Waals surface area contributed by atoms with Gasteiger partial charge >= 0.3 is 0 Å². The van der Waals surface area contributed by atoms with Crippen LogP contribution < -0.4 is 5.32 Å². The summed E-state index contributed by atoms with van der Waals surface area (Å²) in [4.78, 5) is 10.7. The second kappa shape index (κ2) is 5.59. The van der Waals surface area contributed by atoms with E-state index >= 15 is 0 Å². The van der Waals surface area contributed by atoms with Gasteiger partial charge in [0, 0.05) is 5.56 Å². The van der Waals surface area contributed by atoms with Crippen LogP contribution in [0.25, 0.3) is 0 Å². The van der Waals surface area contributed by atoms with Gasteiger partial charge in [-0.1, -0.05) is 29.3 Å². The Labute approximate surface area is 104 Å². The number of hydrogen-bond acceptors (Lipinski definition) is 1. The maximum absolute atomic E-state index is 11.6. The van der Waals surface area contributed by atoms with Gasteiger partial charge in [-0.15, -0.1) is 23.2 Å². The summed E-state index contributed by atoms with van der Waals surface area (Å²) in [5.41, 5.74) is 0.823. The zero-order valence-electron chi connectivity index (χ0n) is 8.01. The Bertz CT molecular complexity index is 337. The van der Waals surface area contributed by atoms with E-state index in [0.717, 1.165) is 5.56 Å². The third-order valence-electron chi connectivity index (χ3n) is 1.80. The van der Waals surface area contributed by atoms with E-state index in [2.05, 4.69) is 5.32 Å². The molecule has 1 aromatic rings. The second-order valence-corrected chi connectivity index (χ2v) is 4.71. The SMILES string of the molecule is Cc1ccc(C(=O)NC(Cl)C(Cl)Cl)cc1. The first-order chi connectivity index (χ1) is 7.00. The van der Waals surface area contributed by atoms with Crippen molar-refractivity contribution in [3.05, 3.63) is 35.4 Å². The van der Waals surface area contributed by atoms with Crippen LogP contribution in [0, 0.1) is 6.92 Å². The van der Waals surface area contributed by atoms with Crippen molar-refractivity contribution in [1.82, 2.24) is 5.32 Å². The Morgan fingerprint density at radius 2 is 1.73 bits per heavy atom. The number of hydrogen-bond donors (Lipinski definition) is 1. The van der Waals surface area contributed by atoms with Gasteiger partial charge in [0.05, 0.1) is 0 Å². The highest BCUT2D eigenvalue weighted by Crippen LogP contribution is 2.12. The molecule has 15 heavy (non-hydrogen) atoms. The molecule has 0 heterocycles. The molecule has 0 aromatic heterocycles. The average Bonchev–Trinajstić information content (AvgIpc) is 2.18. The molecule has 1 unspecified atom stereocenters. The molecule has 1 atom stereocenters. The normalized spacial score (nSPS) is 12.6. The number of benzene rings is 1. The van der Waals surface area contributed by atoms with Crippen molar-refractivity contribution in [3.8, 4) is 0 Å². The highest BCUT2D eigenvalue weighted by atomic mass is 35.5. The van der Waals surface area contributed by atoms with E-state index in [0.29, 0.717) is 5.56 Å². The van der Waals surface area contributed by atoms with Crippen LogP contribution in [-0.2, 0) is 0 Å². The Morgan fingerprint density at radius 3 is 2.20 bits per heavy atom. The molecular weight excluding hydrogens is 256 g/mol. The average molecular weight is 267 g/mol. The van der Waals surface area contributed by atoms with Gasteiger partial charge in [-0.3, -0.25) is 4.79 Å². The molecule has 0 spiro atoms. The van der Waals surface area contributed by atoms with Crippen LogP contribution in [0.15, 0.2) is 24.3 Å². The van der Waals surface area contributed by atoms with Gasteiger partial charge in [0.25, 0.3) is 5.91 Å². The zero-order chi connectivity index (χ0) is 11.4. The van der Waals surface area contributed by atoms with Crippen LogP contribution in [0.3, 0.4) is 0 Å². The minimum Gasteiger partial charge on any atom is -0.333 e. The van der Waals surface area contributed by atoms with E-state index in [1.54, 1.807) is 12.1 Å². The highest BCUT2D eigenvalue weighted by molar-refractivity contribution is 6.48. The molecule has 5 heteroatoms. The highest BCUT2D eigenvalue weighted by Gasteiger charge is 2.16. The first-order valence-corrected chi connectivity index (χ1v) is 5.61. The van der Waals surface area contributed by atoms with Gasteiger partial charge in [0.2, 0.25) is 0 Å². The van der Waals surface area contributed by atoms with Crippen molar-refractivity contribution < 1.29 is 4.79 Å². The van der Waals surface area contributed by atoms with Crippen molar-refractivity contribution >= 4 is 40.7 Å². The summed E-state index contributed by atoms with van der Waals surface area (Å²) in [5.74, 6) is -0.290. The number of rotatable bonds is 3. The predicted octanol–water partition coefficient (Wildman–Crippen LogP) is 3.09. The molecule has 1 aromatic carbocycles. The van der Waals surface area contributed by atoms with Gasteiger partial charge in [0.1, 0.15) is 10.3 Å². The lowest BCUT2D eigenvalue weighted by molar-refractivity contribution is 0.0950. The molecule has 0 saturated carbocycles. The molecule has 82 valence electrons. The van der Waals surface area contributed by atoms with E-state index in [-0.39, 0.29) is 5.91 Å². The van der Waals surface area contributed by atoms with Gasteiger partial charge in [-0.25, -0.2) is 0 Å². The Kier molecular flexibility index (Phi) is 4.71. The second-order valence-electron chi connectivity index (χ2n) is 3.08. The summed E-state index contributed by atoms with van der Waals surface area (Å²) in [5, 5.41) is 2.48. The summed E-state index contributed by atoms with van der Waals surface area (Å²) in [6, 6.07) is 7.12. The fraction of sp³-hybridized carbons (Fsp3) is 0.300. The van der Waals surface area contributed by atoms with E-state index < -0.39 is 10.3 Å². The monoisotopic (exact) mass is 265 g/mol. The van der Waals surface area contributed by atoms with Crippen LogP contribution in [0.5, 0.6) is 0 Å². The molecule has 1 amide bonds. The minimum absolute atomic E-state index is 0.290. The minimum atomic E-state index is -0.832. The Morgan fingerprint density at radius 1 is 1.20 bits per heavy atom. The van der Waals surface area contributed by atoms with Crippen molar-refractivity contribution in [2.45, 2.75) is 17.3 Å². The van der Waals surface area contributed by atoms with Gasteiger partial charge < -0.3 is 5.32 Å². The number of halogens is 3. The van der Waals surface area contributed by atoms with Crippen molar-refractivity contribution in [2.24, 2.45) is 0 Å². The number of aryl methyl sites for hydroxylation is 1. The smallest absolute Gasteiger partial charge is 0.252 e. The summed E-state index contributed by atoms with van der Waals surface area (Å²) >= 11 is 16.7. The number of alkyl halides is 3. The standard InChI is InChI=1S/C10H10Cl3NO/c1-6-2-4-7(5-3-6)10(15)14-9(13)8(11)12/h2-5,8-9H,1H3,(H,14,15). The molecule has 0 bridgehead atoms. The number of amides is 1. The number of carbonyl (C=O) groups excluding carboxylic acids is 1. The molecule has 0 aliphatic heterocycles. The molecule has 0 fully saturated rings. The van der Waals surface area contributed by atoms with Crippen LogP contribution in [-0.4, -0.2) is 16.2 Å². The van der Waals surface area contributed by atoms with E-state index in [1.165, 1.54) is 0 Å². The maximum atomic E-state index is 11.6. The molecule has 1 rings (SSSR count). The van der Waals surface area contributed by atoms with Crippen molar-refractivity contribution in [2.75, 3.05) is 0 Å². The van der Waals surface area contributed by atoms with E-state index in [4.69, 9.17) is 34.8 Å². The summed E-state index contributed by atoms with van der Waals surface area (Å²) < 4.78 is 0. The van der Waals surface area contributed by atoms with Crippen molar-refractivity contribution in [3.63, 3.8) is 0 Å². The van der Waals surface area contributed by atoms with E-state index in [1.807, 2.05) is 19.1 Å². The van der Waals surface area contributed by atoms with Gasteiger partial charge in [0.15, 0.2) is 0 Å². The lowest BCUT2D eigenvalue weighted by atomic mass is 10.1. The van der Waals surface area contributed by atoms with Crippen LogP contribution in [0.4, 0.5) is 0 Å². The molecule has 0 aliphatic carbocycles. The zero-order valence-corrected chi connectivity index (χ0v) is 10.3. The number of carbonyl (C=O) groups is 1. The fourth-order valence-electron chi connectivity index (χ4n) is 0.976. The third-order valence-corrected chi connectivity index (χ3v) is 2.93. The largest absolute Gasteiger partial charge is 0.333 e. The first-order valence-electron chi connectivity index (χ1n) is 4.30. The Balaban J connectivity index is 2.65. The lowest BCUT2D eigenvalue weighted by Crippen LogP contribution is -2.34. The third kappa shape index (κ3) is 3.90. The Hall–Kier alpha value is -0.440. The van der Waals surface area contributed by atoms with Crippen LogP contribution in [0.1, 0.15) is 15.9 Å². The topological polar surface area (TPSA) is 29.1 Å². The molecule has 2 nitrogen and oxygen atoms in total. The summed E-state index contributed by atoms with van der Waals surface area (Å²) in [6.07, 6.45) is 0. The van der Waals surface area contributed by atoms with Crippen LogP contribution in [0.2, 0.25) is 0 Å². The number of nitrogens with one attached hydrogen (secondary N) is 1. The first kappa shape index (κ1) is 12.6. The summed E-state index contributed by atoms with van der Waals surface area (Å²) in [7, 11) is 0. The van der Waals surface area contributed by atoms with Crippen molar-refractivity contribution in [1.29, 1.82) is 0 Å². The van der Waals surface area contributed by atoms with Crippen LogP contribution >= 0.6 is 34.8 Å². The fourth-order valence-corrected chi connectivity index (χ4v) is 1.20. The maximum Gasteiger partial charge on any atom is 0.252 e. The van der Waals surface area contributed by atoms with E-state index in [9.17, 15) is 4.79 Å². The molecular formula is C10H10Cl3NO. The van der Waals surface area contributed by atoms with Gasteiger partial charge in [-0.05, 0) is 19.1 Å². The molecule has 1 N–H and O–H groups in total. The predicted molar refractivity (Wildman–Crippen MR) is 63.8 cm³/mol. The molecule has 0 radical (unpaired) electrons. The summed E-state index contributed by atoms with van der Waals surface area (Å²) in [6.45, 7) is 1.94. The van der Waals surface area contributed by atoms with Gasteiger partial charge in [-0.2, -0.15) is 0 Å². The quantitative estimate of drug-likeness (QED) is 0.661. The molecule has 0 saturated heterocycles. The molecule has 0 aliphatic rings.